The highest BCUT2D eigenvalue weighted by molar-refractivity contribution is 9.10. The van der Waals surface area contributed by atoms with Crippen LogP contribution in [-0.4, -0.2) is 24.0 Å². The van der Waals surface area contributed by atoms with Gasteiger partial charge in [-0.2, -0.15) is 0 Å². The quantitative estimate of drug-likeness (QED) is 0.832. The summed E-state index contributed by atoms with van der Waals surface area (Å²) in [5.74, 6) is -0.758. The van der Waals surface area contributed by atoms with Crippen LogP contribution >= 0.6 is 27.3 Å². The first kappa shape index (κ1) is 16.2. The highest BCUT2D eigenvalue weighted by Crippen LogP contribution is 2.25. The third-order valence-electron chi connectivity index (χ3n) is 3.05. The molecule has 0 aromatic carbocycles. The van der Waals surface area contributed by atoms with E-state index in [0.717, 1.165) is 4.47 Å². The molecular weight excluding hydrogens is 330 g/mol. The molecule has 106 valence electrons. The first-order valence-corrected chi connectivity index (χ1v) is 7.72. The maximum absolute atomic E-state index is 12.2. The number of hydrogen-bond donors (Lipinski definition) is 1. The van der Waals surface area contributed by atoms with Gasteiger partial charge in [0.2, 0.25) is 0 Å². The zero-order valence-electron chi connectivity index (χ0n) is 11.5. The lowest BCUT2D eigenvalue weighted by Gasteiger charge is -2.32. The molecule has 0 radical (unpaired) electrons. The first-order valence-electron chi connectivity index (χ1n) is 6.05. The molecule has 0 aliphatic carbocycles. The molecule has 1 amide bonds. The van der Waals surface area contributed by atoms with Crippen molar-refractivity contribution in [1.29, 1.82) is 0 Å². The zero-order chi connectivity index (χ0) is 14.6. The number of carbonyl (C=O) groups excluding carboxylic acids is 2. The summed E-state index contributed by atoms with van der Waals surface area (Å²) in [5.41, 5.74) is -1.03. The predicted octanol–water partition coefficient (Wildman–Crippen LogP) is 3.22. The molecule has 1 atom stereocenters. The van der Waals surface area contributed by atoms with Gasteiger partial charge in [0, 0.05) is 4.47 Å². The van der Waals surface area contributed by atoms with Gasteiger partial charge in [0.05, 0.1) is 6.61 Å². The number of thiophene rings is 1. The Hall–Kier alpha value is -0.880. The molecule has 0 unspecified atom stereocenters. The van der Waals surface area contributed by atoms with Gasteiger partial charge in [0.1, 0.15) is 10.4 Å². The Balaban J connectivity index is 2.94. The highest BCUT2D eigenvalue weighted by atomic mass is 79.9. The Morgan fingerprint density at radius 1 is 1.53 bits per heavy atom. The molecule has 4 nitrogen and oxygen atoms in total. The van der Waals surface area contributed by atoms with Crippen molar-refractivity contribution in [3.63, 3.8) is 0 Å². The lowest BCUT2D eigenvalue weighted by molar-refractivity contribution is -0.152. The van der Waals surface area contributed by atoms with Crippen LogP contribution in [-0.2, 0) is 9.53 Å². The summed E-state index contributed by atoms with van der Waals surface area (Å²) in [7, 11) is 0. The van der Waals surface area contributed by atoms with Crippen LogP contribution in [0.4, 0.5) is 0 Å². The van der Waals surface area contributed by atoms with Gasteiger partial charge < -0.3 is 10.1 Å². The number of nitrogens with one attached hydrogen (secondary N) is 1. The average Bonchev–Trinajstić information content (AvgIpc) is 2.75. The van der Waals surface area contributed by atoms with E-state index in [2.05, 4.69) is 21.2 Å². The number of halogens is 1. The summed E-state index contributed by atoms with van der Waals surface area (Å²) in [5, 5.41) is 4.60. The molecule has 1 heterocycles. The third kappa shape index (κ3) is 3.57. The van der Waals surface area contributed by atoms with Crippen LogP contribution in [0.2, 0.25) is 0 Å². The summed E-state index contributed by atoms with van der Waals surface area (Å²) in [6.07, 6.45) is 0. The molecule has 0 bridgehead atoms. The smallest absolute Gasteiger partial charge is 0.331 e. The van der Waals surface area contributed by atoms with Gasteiger partial charge in [0.15, 0.2) is 0 Å². The van der Waals surface area contributed by atoms with Crippen molar-refractivity contribution in [2.75, 3.05) is 6.61 Å². The van der Waals surface area contributed by atoms with E-state index in [4.69, 9.17) is 4.74 Å². The summed E-state index contributed by atoms with van der Waals surface area (Å²) in [4.78, 5) is 24.8. The lowest BCUT2D eigenvalue weighted by atomic mass is 9.88. The van der Waals surface area contributed by atoms with E-state index in [9.17, 15) is 9.59 Å². The van der Waals surface area contributed by atoms with Crippen molar-refractivity contribution >= 4 is 39.1 Å². The molecule has 0 aliphatic heterocycles. The Morgan fingerprint density at radius 3 is 2.58 bits per heavy atom. The van der Waals surface area contributed by atoms with E-state index >= 15 is 0 Å². The van der Waals surface area contributed by atoms with Gasteiger partial charge in [-0.25, -0.2) is 4.79 Å². The van der Waals surface area contributed by atoms with Gasteiger partial charge in [-0.1, -0.05) is 13.8 Å². The third-order valence-corrected chi connectivity index (χ3v) is 4.89. The van der Waals surface area contributed by atoms with Gasteiger partial charge in [0.25, 0.3) is 5.91 Å². The summed E-state index contributed by atoms with van der Waals surface area (Å²) < 4.78 is 5.78. The molecule has 0 fully saturated rings. The van der Waals surface area contributed by atoms with Crippen molar-refractivity contribution in [1.82, 2.24) is 5.32 Å². The fraction of sp³-hybridized carbons (Fsp3) is 0.538. The fourth-order valence-electron chi connectivity index (χ4n) is 1.46. The molecule has 0 saturated heterocycles. The largest absolute Gasteiger partial charge is 0.464 e. The van der Waals surface area contributed by atoms with E-state index in [1.54, 1.807) is 19.9 Å². The maximum atomic E-state index is 12.2. The SMILES string of the molecule is CCOC(=O)[C@@](C)(NC(=O)c1sccc1Br)C(C)C. The van der Waals surface area contributed by atoms with Gasteiger partial charge >= 0.3 is 5.97 Å². The predicted molar refractivity (Wildman–Crippen MR) is 79.4 cm³/mol. The van der Waals surface area contributed by atoms with E-state index in [1.165, 1.54) is 11.3 Å². The van der Waals surface area contributed by atoms with Gasteiger partial charge in [-0.15, -0.1) is 11.3 Å². The minimum absolute atomic E-state index is 0.0748. The fourth-order valence-corrected chi connectivity index (χ4v) is 2.91. The van der Waals surface area contributed by atoms with Gasteiger partial charge in [-0.3, -0.25) is 4.79 Å². The molecule has 6 heteroatoms. The van der Waals surface area contributed by atoms with Crippen LogP contribution in [0.25, 0.3) is 0 Å². The zero-order valence-corrected chi connectivity index (χ0v) is 13.9. The Morgan fingerprint density at radius 2 is 2.16 bits per heavy atom. The van der Waals surface area contributed by atoms with Crippen LogP contribution in [0.1, 0.15) is 37.4 Å². The number of hydrogen-bond acceptors (Lipinski definition) is 4. The molecule has 1 N–H and O–H groups in total. The number of ether oxygens (including phenoxy) is 1. The van der Waals surface area contributed by atoms with Crippen molar-refractivity contribution in [3.8, 4) is 0 Å². The van der Waals surface area contributed by atoms with E-state index in [-0.39, 0.29) is 11.8 Å². The van der Waals surface area contributed by atoms with Crippen LogP contribution in [0.5, 0.6) is 0 Å². The standard InChI is InChI=1S/C13H18BrNO3S/c1-5-18-12(17)13(4,8(2)3)15-11(16)10-9(14)6-7-19-10/h6-8H,5H2,1-4H3,(H,15,16)/t13-/m0/s1. The van der Waals surface area contributed by atoms with E-state index < -0.39 is 11.5 Å². The van der Waals surface area contributed by atoms with E-state index in [0.29, 0.717) is 11.5 Å². The van der Waals surface area contributed by atoms with Crippen molar-refractivity contribution < 1.29 is 14.3 Å². The second-order valence-corrected chi connectivity index (χ2v) is 6.40. The average molecular weight is 348 g/mol. The minimum Gasteiger partial charge on any atom is -0.464 e. The molecule has 1 rings (SSSR count). The lowest BCUT2D eigenvalue weighted by Crippen LogP contribution is -2.56. The van der Waals surface area contributed by atoms with E-state index in [1.807, 2.05) is 19.2 Å². The molecule has 19 heavy (non-hydrogen) atoms. The molecule has 1 aromatic heterocycles. The second kappa shape index (κ2) is 6.52. The second-order valence-electron chi connectivity index (χ2n) is 4.63. The minimum atomic E-state index is -1.03. The number of carbonyl (C=O) groups is 2. The molecular formula is C13H18BrNO3S. The molecule has 0 aliphatic rings. The maximum Gasteiger partial charge on any atom is 0.331 e. The normalized spacial score (nSPS) is 14.0. The van der Waals surface area contributed by atoms with Crippen LogP contribution in [0.3, 0.4) is 0 Å². The monoisotopic (exact) mass is 347 g/mol. The van der Waals surface area contributed by atoms with Crippen molar-refractivity contribution in [3.05, 3.63) is 20.8 Å². The number of rotatable bonds is 5. The van der Waals surface area contributed by atoms with Crippen molar-refractivity contribution in [2.24, 2.45) is 5.92 Å². The number of esters is 1. The number of amides is 1. The van der Waals surface area contributed by atoms with Crippen LogP contribution in [0, 0.1) is 5.92 Å². The summed E-state index contributed by atoms with van der Waals surface area (Å²) in [6.45, 7) is 7.48. The highest BCUT2D eigenvalue weighted by Gasteiger charge is 2.40. The topological polar surface area (TPSA) is 55.4 Å². The molecule has 0 saturated carbocycles. The van der Waals surface area contributed by atoms with Crippen molar-refractivity contribution in [2.45, 2.75) is 33.2 Å². The first-order chi connectivity index (χ1) is 8.82. The molecule has 0 spiro atoms. The Bertz CT molecular complexity index is 472. The summed E-state index contributed by atoms with van der Waals surface area (Å²) in [6, 6.07) is 1.80. The summed E-state index contributed by atoms with van der Waals surface area (Å²) >= 11 is 4.64. The van der Waals surface area contributed by atoms with Gasteiger partial charge in [-0.05, 0) is 47.1 Å². The van der Waals surface area contributed by atoms with Crippen LogP contribution < -0.4 is 5.32 Å². The Labute approximate surface area is 125 Å². The Kier molecular flexibility index (Phi) is 5.55. The van der Waals surface area contributed by atoms with Crippen LogP contribution in [0.15, 0.2) is 15.9 Å². The molecule has 1 aromatic rings.